The number of allylic oxidation sites excluding steroid dienone is 1. The van der Waals surface area contributed by atoms with Crippen LogP contribution in [-0.4, -0.2) is 5.78 Å². The molecule has 17 heavy (non-hydrogen) atoms. The molecule has 2 aromatic rings. The van der Waals surface area contributed by atoms with Crippen LogP contribution in [0.5, 0.6) is 5.75 Å². The number of hydrogen-bond donors (Lipinski definition) is 0. The molecule has 0 spiro atoms. The molecule has 0 unspecified atom stereocenters. The van der Waals surface area contributed by atoms with Gasteiger partial charge in [-0.1, -0.05) is 22.0 Å². The first-order valence-corrected chi connectivity index (χ1v) is 6.68. The predicted octanol–water partition coefficient (Wildman–Crippen LogP) is 4.13. The van der Waals surface area contributed by atoms with Gasteiger partial charge in [-0.05, 0) is 29.6 Å². The lowest BCUT2D eigenvalue weighted by Crippen LogP contribution is -1.97. The summed E-state index contributed by atoms with van der Waals surface area (Å²) in [5.41, 5.74) is 0.613. The lowest BCUT2D eigenvalue weighted by molar-refractivity contribution is 0.101. The number of Topliss-reactive ketones (excluding diaryl/α,β-unsaturated/α-hetero) is 1. The fourth-order valence-electron chi connectivity index (χ4n) is 1.66. The van der Waals surface area contributed by atoms with Crippen LogP contribution < -0.4 is 4.74 Å². The van der Waals surface area contributed by atoms with E-state index in [1.54, 1.807) is 29.5 Å². The number of hydrogen-bond acceptors (Lipinski definition) is 3. The van der Waals surface area contributed by atoms with E-state index in [9.17, 15) is 4.79 Å². The van der Waals surface area contributed by atoms with Gasteiger partial charge in [0.05, 0.1) is 5.56 Å². The number of thiophene rings is 1. The number of benzene rings is 1. The van der Waals surface area contributed by atoms with Crippen molar-refractivity contribution in [2.24, 2.45) is 0 Å². The Morgan fingerprint density at radius 3 is 2.94 bits per heavy atom. The average Bonchev–Trinajstić information content (AvgIpc) is 2.91. The van der Waals surface area contributed by atoms with Gasteiger partial charge in [-0.15, -0.1) is 11.3 Å². The molecule has 4 heteroatoms. The molecule has 0 saturated carbocycles. The van der Waals surface area contributed by atoms with Gasteiger partial charge in [0.25, 0.3) is 0 Å². The Kier molecular flexibility index (Phi) is 2.61. The van der Waals surface area contributed by atoms with Crippen LogP contribution >= 0.6 is 27.3 Å². The van der Waals surface area contributed by atoms with Gasteiger partial charge in [-0.25, -0.2) is 0 Å². The zero-order chi connectivity index (χ0) is 11.8. The molecular formula is C13H7BrO2S. The predicted molar refractivity (Wildman–Crippen MR) is 71.4 cm³/mol. The molecule has 0 saturated heterocycles. The van der Waals surface area contributed by atoms with Gasteiger partial charge in [0.15, 0.2) is 5.76 Å². The number of carbonyl (C=O) groups excluding carboxylic acids is 1. The average molecular weight is 307 g/mol. The second-order valence-corrected chi connectivity index (χ2v) is 5.49. The van der Waals surface area contributed by atoms with E-state index < -0.39 is 0 Å². The zero-order valence-electron chi connectivity index (χ0n) is 8.64. The highest BCUT2D eigenvalue weighted by Gasteiger charge is 2.27. The lowest BCUT2D eigenvalue weighted by Gasteiger charge is -1.96. The normalized spacial score (nSPS) is 16.1. The molecule has 0 atom stereocenters. The van der Waals surface area contributed by atoms with Crippen molar-refractivity contribution in [3.63, 3.8) is 0 Å². The molecule has 0 aliphatic carbocycles. The highest BCUT2D eigenvalue weighted by atomic mass is 79.9. The minimum absolute atomic E-state index is 0.0605. The van der Waals surface area contributed by atoms with Crippen molar-refractivity contribution < 1.29 is 9.53 Å². The van der Waals surface area contributed by atoms with Crippen molar-refractivity contribution >= 4 is 39.1 Å². The summed E-state index contributed by atoms with van der Waals surface area (Å²) in [5.74, 6) is 0.955. The summed E-state index contributed by atoms with van der Waals surface area (Å²) in [6, 6.07) is 9.34. The summed E-state index contributed by atoms with van der Waals surface area (Å²) >= 11 is 4.92. The van der Waals surface area contributed by atoms with Gasteiger partial charge in [0.2, 0.25) is 5.78 Å². The first kappa shape index (κ1) is 10.7. The van der Waals surface area contributed by atoms with Crippen LogP contribution in [0, 0.1) is 0 Å². The van der Waals surface area contributed by atoms with Gasteiger partial charge < -0.3 is 4.74 Å². The van der Waals surface area contributed by atoms with E-state index in [4.69, 9.17) is 4.74 Å². The molecule has 1 aromatic carbocycles. The van der Waals surface area contributed by atoms with Crippen LogP contribution in [0.1, 0.15) is 15.2 Å². The SMILES string of the molecule is O=C1/C(=C/c2cccs2)Oc2ccc(Br)cc21. The highest BCUT2D eigenvalue weighted by Crippen LogP contribution is 2.34. The Morgan fingerprint density at radius 1 is 1.29 bits per heavy atom. The van der Waals surface area contributed by atoms with E-state index >= 15 is 0 Å². The Balaban J connectivity index is 2.02. The van der Waals surface area contributed by atoms with Crippen molar-refractivity contribution in [1.29, 1.82) is 0 Å². The maximum atomic E-state index is 12.1. The molecule has 1 aliphatic heterocycles. The molecule has 0 amide bonds. The fourth-order valence-corrected chi connectivity index (χ4v) is 2.67. The van der Waals surface area contributed by atoms with Crippen LogP contribution in [0.2, 0.25) is 0 Å². The lowest BCUT2D eigenvalue weighted by atomic mass is 10.1. The van der Waals surface area contributed by atoms with Crippen LogP contribution in [0.25, 0.3) is 6.08 Å². The molecule has 2 nitrogen and oxygen atoms in total. The van der Waals surface area contributed by atoms with Gasteiger partial charge in [-0.2, -0.15) is 0 Å². The van der Waals surface area contributed by atoms with Gasteiger partial charge in [0, 0.05) is 15.4 Å². The highest BCUT2D eigenvalue weighted by molar-refractivity contribution is 9.10. The van der Waals surface area contributed by atoms with E-state index in [0.29, 0.717) is 17.1 Å². The van der Waals surface area contributed by atoms with Crippen LogP contribution in [-0.2, 0) is 0 Å². The summed E-state index contributed by atoms with van der Waals surface area (Å²) < 4.78 is 6.43. The smallest absolute Gasteiger partial charge is 0.232 e. The first-order chi connectivity index (χ1) is 8.24. The van der Waals surface area contributed by atoms with Crippen molar-refractivity contribution in [3.05, 3.63) is 56.4 Å². The van der Waals surface area contributed by atoms with Crippen LogP contribution in [0.15, 0.2) is 45.9 Å². The molecule has 0 fully saturated rings. The largest absolute Gasteiger partial charge is 0.452 e. The third-order valence-electron chi connectivity index (χ3n) is 2.45. The third-order valence-corrected chi connectivity index (χ3v) is 3.76. The summed E-state index contributed by atoms with van der Waals surface area (Å²) in [7, 11) is 0. The molecule has 84 valence electrons. The summed E-state index contributed by atoms with van der Waals surface area (Å²) in [5, 5.41) is 1.97. The first-order valence-electron chi connectivity index (χ1n) is 5.01. The van der Waals surface area contributed by atoms with Crippen molar-refractivity contribution in [2.45, 2.75) is 0 Å². The standard InChI is InChI=1S/C13H7BrO2S/c14-8-3-4-11-10(6-8)13(15)12(16-11)7-9-2-1-5-17-9/h1-7H/b12-7-. The van der Waals surface area contributed by atoms with E-state index in [1.807, 2.05) is 23.6 Å². The third kappa shape index (κ3) is 1.94. The summed E-state index contributed by atoms with van der Waals surface area (Å²) in [4.78, 5) is 13.1. The fraction of sp³-hybridized carbons (Fsp3) is 0. The second-order valence-electron chi connectivity index (χ2n) is 3.60. The number of rotatable bonds is 1. The topological polar surface area (TPSA) is 26.3 Å². The molecule has 3 rings (SSSR count). The number of ketones is 1. The van der Waals surface area contributed by atoms with E-state index in [0.717, 1.165) is 9.35 Å². The number of carbonyl (C=O) groups is 1. The van der Waals surface area contributed by atoms with Crippen LogP contribution in [0.3, 0.4) is 0 Å². The van der Waals surface area contributed by atoms with E-state index in [2.05, 4.69) is 15.9 Å². The number of ether oxygens (including phenoxy) is 1. The van der Waals surface area contributed by atoms with Gasteiger partial charge >= 0.3 is 0 Å². The van der Waals surface area contributed by atoms with Gasteiger partial charge in [0.1, 0.15) is 5.75 Å². The minimum Gasteiger partial charge on any atom is -0.452 e. The van der Waals surface area contributed by atoms with E-state index in [-0.39, 0.29) is 5.78 Å². The van der Waals surface area contributed by atoms with Crippen molar-refractivity contribution in [1.82, 2.24) is 0 Å². The Labute approximate surface area is 111 Å². The molecule has 0 radical (unpaired) electrons. The minimum atomic E-state index is -0.0605. The summed E-state index contributed by atoms with van der Waals surface area (Å²) in [6.07, 6.45) is 1.78. The van der Waals surface area contributed by atoms with Crippen molar-refractivity contribution in [3.8, 4) is 5.75 Å². The number of halogens is 1. The number of fused-ring (bicyclic) bond motifs is 1. The Morgan fingerprint density at radius 2 is 2.18 bits per heavy atom. The maximum absolute atomic E-state index is 12.1. The van der Waals surface area contributed by atoms with Crippen LogP contribution in [0.4, 0.5) is 0 Å². The van der Waals surface area contributed by atoms with Gasteiger partial charge in [-0.3, -0.25) is 4.79 Å². The van der Waals surface area contributed by atoms with Crippen molar-refractivity contribution in [2.75, 3.05) is 0 Å². The quantitative estimate of drug-likeness (QED) is 0.741. The molecule has 0 N–H and O–H groups in total. The summed E-state index contributed by atoms with van der Waals surface area (Å²) in [6.45, 7) is 0. The molecular weight excluding hydrogens is 300 g/mol. The monoisotopic (exact) mass is 306 g/mol. The molecule has 2 heterocycles. The second kappa shape index (κ2) is 4.13. The maximum Gasteiger partial charge on any atom is 0.232 e. The Hall–Kier alpha value is -1.39. The zero-order valence-corrected chi connectivity index (χ0v) is 11.0. The van der Waals surface area contributed by atoms with E-state index in [1.165, 1.54) is 0 Å². The molecule has 1 aliphatic rings. The molecule has 0 bridgehead atoms. The molecule has 1 aromatic heterocycles. The Bertz CT molecular complexity index is 614.